The SMILES string of the molecule is COc1ccc(-c2nc(-c3cc4cc([N+](=O)[O-])c(O)cc4oc3=O)cs2)cc1. The first-order valence-corrected chi connectivity index (χ1v) is 8.90. The van der Waals surface area contributed by atoms with Gasteiger partial charge in [0.1, 0.15) is 16.3 Å². The number of thiazole rings is 1. The molecule has 0 unspecified atom stereocenters. The van der Waals surface area contributed by atoms with E-state index in [4.69, 9.17) is 9.15 Å². The summed E-state index contributed by atoms with van der Waals surface area (Å²) in [6.45, 7) is 0. The van der Waals surface area contributed by atoms with Crippen molar-refractivity contribution in [2.45, 2.75) is 0 Å². The van der Waals surface area contributed by atoms with Crippen LogP contribution in [0.1, 0.15) is 0 Å². The summed E-state index contributed by atoms with van der Waals surface area (Å²) in [6, 6.07) is 11.0. The van der Waals surface area contributed by atoms with Gasteiger partial charge >= 0.3 is 11.3 Å². The summed E-state index contributed by atoms with van der Waals surface area (Å²) in [4.78, 5) is 27.2. The van der Waals surface area contributed by atoms with Gasteiger partial charge in [0.15, 0.2) is 5.75 Å². The number of phenolic OH excluding ortho intramolecular Hbond substituents is 1. The molecule has 28 heavy (non-hydrogen) atoms. The van der Waals surface area contributed by atoms with E-state index in [9.17, 15) is 20.0 Å². The van der Waals surface area contributed by atoms with Crippen molar-refractivity contribution in [3.63, 3.8) is 0 Å². The Labute approximate surface area is 161 Å². The van der Waals surface area contributed by atoms with Crippen LogP contribution in [0.15, 0.2) is 57.1 Å². The van der Waals surface area contributed by atoms with Gasteiger partial charge in [0.05, 0.1) is 23.3 Å². The standard InChI is InChI=1S/C19H12N2O6S/c1-26-12-4-2-10(3-5-12)18-20-14(9-28-18)13-6-11-7-15(21(24)25)16(22)8-17(11)27-19(13)23/h2-9,22H,1H3. The van der Waals surface area contributed by atoms with Crippen LogP contribution in [0.4, 0.5) is 5.69 Å². The van der Waals surface area contributed by atoms with Gasteiger partial charge in [-0.1, -0.05) is 0 Å². The maximum Gasteiger partial charge on any atom is 0.345 e. The minimum atomic E-state index is -0.704. The Bertz CT molecular complexity index is 1260. The van der Waals surface area contributed by atoms with Crippen molar-refractivity contribution in [2.75, 3.05) is 7.11 Å². The molecule has 0 amide bonds. The lowest BCUT2D eigenvalue weighted by Crippen LogP contribution is -2.03. The molecule has 4 aromatic rings. The molecule has 0 aliphatic heterocycles. The third-order valence-electron chi connectivity index (χ3n) is 4.14. The number of nitro groups is 1. The third kappa shape index (κ3) is 3.08. The number of phenols is 1. The fourth-order valence-corrected chi connectivity index (χ4v) is 3.56. The second kappa shape index (κ2) is 6.78. The van der Waals surface area contributed by atoms with Gasteiger partial charge in [-0.15, -0.1) is 11.3 Å². The van der Waals surface area contributed by atoms with E-state index in [0.717, 1.165) is 23.4 Å². The summed E-state index contributed by atoms with van der Waals surface area (Å²) in [5.74, 6) is 0.157. The number of rotatable bonds is 4. The molecule has 4 rings (SSSR count). The zero-order valence-electron chi connectivity index (χ0n) is 14.4. The maximum atomic E-state index is 12.4. The molecule has 140 valence electrons. The minimum absolute atomic E-state index is 0.0578. The number of methoxy groups -OCH3 is 1. The molecule has 0 aliphatic carbocycles. The molecule has 0 saturated heterocycles. The lowest BCUT2D eigenvalue weighted by atomic mass is 10.1. The zero-order chi connectivity index (χ0) is 19.8. The first kappa shape index (κ1) is 17.7. The highest BCUT2D eigenvalue weighted by Gasteiger charge is 2.18. The highest BCUT2D eigenvalue weighted by Crippen LogP contribution is 2.33. The van der Waals surface area contributed by atoms with Crippen molar-refractivity contribution in [3.8, 4) is 33.3 Å². The molecule has 0 aliphatic rings. The molecule has 2 aromatic carbocycles. The van der Waals surface area contributed by atoms with Gasteiger partial charge in [-0.2, -0.15) is 0 Å². The monoisotopic (exact) mass is 396 g/mol. The molecule has 0 saturated carbocycles. The van der Waals surface area contributed by atoms with Crippen molar-refractivity contribution < 1.29 is 19.2 Å². The molecule has 1 N–H and O–H groups in total. The quantitative estimate of drug-likeness (QED) is 0.312. The van der Waals surface area contributed by atoms with Crippen molar-refractivity contribution in [2.24, 2.45) is 0 Å². The number of ether oxygens (including phenoxy) is 1. The number of nitro benzene ring substituents is 1. The Kier molecular flexibility index (Phi) is 4.28. The summed E-state index contributed by atoms with van der Waals surface area (Å²) in [7, 11) is 1.58. The van der Waals surface area contributed by atoms with E-state index < -0.39 is 22.0 Å². The Hall–Kier alpha value is -3.72. The summed E-state index contributed by atoms with van der Waals surface area (Å²) >= 11 is 1.35. The van der Waals surface area contributed by atoms with Crippen molar-refractivity contribution in [1.82, 2.24) is 4.98 Å². The fourth-order valence-electron chi connectivity index (χ4n) is 2.73. The molecule has 0 fully saturated rings. The van der Waals surface area contributed by atoms with E-state index in [-0.39, 0.29) is 11.1 Å². The lowest BCUT2D eigenvalue weighted by Gasteiger charge is -2.02. The van der Waals surface area contributed by atoms with Crippen LogP contribution >= 0.6 is 11.3 Å². The van der Waals surface area contributed by atoms with E-state index in [1.165, 1.54) is 17.4 Å². The van der Waals surface area contributed by atoms with E-state index >= 15 is 0 Å². The second-order valence-electron chi connectivity index (χ2n) is 5.85. The third-order valence-corrected chi connectivity index (χ3v) is 5.03. The minimum Gasteiger partial charge on any atom is -0.502 e. The van der Waals surface area contributed by atoms with Crippen LogP contribution in [0, 0.1) is 10.1 Å². The predicted octanol–water partition coefficient (Wildman–Crippen LogP) is 4.21. The number of aromatic hydroxyl groups is 1. The average molecular weight is 396 g/mol. The van der Waals surface area contributed by atoms with Gasteiger partial charge < -0.3 is 14.3 Å². The molecule has 0 radical (unpaired) electrons. The van der Waals surface area contributed by atoms with Gasteiger partial charge in [0.2, 0.25) is 0 Å². The summed E-state index contributed by atoms with van der Waals surface area (Å²) in [5, 5.41) is 23.5. The largest absolute Gasteiger partial charge is 0.502 e. The predicted molar refractivity (Wildman–Crippen MR) is 104 cm³/mol. The molecule has 0 spiro atoms. The number of hydrogen-bond donors (Lipinski definition) is 1. The molecule has 0 bridgehead atoms. The molecule has 8 nitrogen and oxygen atoms in total. The maximum absolute atomic E-state index is 12.4. The van der Waals surface area contributed by atoms with Crippen LogP contribution in [0.3, 0.4) is 0 Å². The molecular formula is C19H12N2O6S. The summed E-state index contributed by atoms with van der Waals surface area (Å²) < 4.78 is 10.4. The van der Waals surface area contributed by atoms with Gasteiger partial charge in [0, 0.05) is 28.5 Å². The van der Waals surface area contributed by atoms with Crippen LogP contribution in [-0.2, 0) is 0 Å². The van der Waals surface area contributed by atoms with Crippen molar-refractivity contribution in [1.29, 1.82) is 0 Å². The van der Waals surface area contributed by atoms with Gasteiger partial charge in [0.25, 0.3) is 0 Å². The first-order chi connectivity index (χ1) is 13.5. The second-order valence-corrected chi connectivity index (χ2v) is 6.71. The topological polar surface area (TPSA) is 116 Å². The fraction of sp³-hybridized carbons (Fsp3) is 0.0526. The number of aromatic nitrogens is 1. The van der Waals surface area contributed by atoms with Crippen molar-refractivity contribution in [3.05, 3.63) is 68.4 Å². The van der Waals surface area contributed by atoms with Crippen LogP contribution in [0.25, 0.3) is 32.8 Å². The van der Waals surface area contributed by atoms with E-state index in [1.807, 2.05) is 24.3 Å². The summed E-state index contributed by atoms with van der Waals surface area (Å²) in [5.41, 5.74) is 0.396. The van der Waals surface area contributed by atoms with E-state index in [2.05, 4.69) is 4.98 Å². The number of nitrogens with zero attached hydrogens (tertiary/aromatic N) is 2. The highest BCUT2D eigenvalue weighted by atomic mass is 32.1. The lowest BCUT2D eigenvalue weighted by molar-refractivity contribution is -0.385. The number of benzene rings is 2. The highest BCUT2D eigenvalue weighted by molar-refractivity contribution is 7.13. The smallest absolute Gasteiger partial charge is 0.345 e. The first-order valence-electron chi connectivity index (χ1n) is 8.02. The van der Waals surface area contributed by atoms with Crippen LogP contribution < -0.4 is 10.4 Å². The van der Waals surface area contributed by atoms with E-state index in [1.54, 1.807) is 12.5 Å². The molecule has 2 aromatic heterocycles. The molecular weight excluding hydrogens is 384 g/mol. The van der Waals surface area contributed by atoms with Gasteiger partial charge in [-0.25, -0.2) is 9.78 Å². The number of hydrogen-bond acceptors (Lipinski definition) is 8. The molecule has 9 heteroatoms. The normalized spacial score (nSPS) is 10.9. The summed E-state index contributed by atoms with van der Waals surface area (Å²) in [6.07, 6.45) is 0. The van der Waals surface area contributed by atoms with Gasteiger partial charge in [-0.3, -0.25) is 10.1 Å². The Balaban J connectivity index is 1.79. The van der Waals surface area contributed by atoms with Gasteiger partial charge in [-0.05, 0) is 30.3 Å². The van der Waals surface area contributed by atoms with E-state index in [0.29, 0.717) is 16.1 Å². The molecule has 2 heterocycles. The Morgan fingerprint density at radius 2 is 1.96 bits per heavy atom. The Morgan fingerprint density at radius 1 is 1.21 bits per heavy atom. The van der Waals surface area contributed by atoms with Crippen LogP contribution in [-0.4, -0.2) is 22.1 Å². The Morgan fingerprint density at radius 3 is 2.64 bits per heavy atom. The molecule has 0 atom stereocenters. The van der Waals surface area contributed by atoms with Crippen molar-refractivity contribution >= 4 is 28.0 Å². The van der Waals surface area contributed by atoms with Crippen LogP contribution in [0.2, 0.25) is 0 Å². The zero-order valence-corrected chi connectivity index (χ0v) is 15.2. The number of fused-ring (bicyclic) bond motifs is 1. The van der Waals surface area contributed by atoms with Crippen LogP contribution in [0.5, 0.6) is 11.5 Å². The average Bonchev–Trinajstić information content (AvgIpc) is 3.17.